The molecule has 1 saturated carbocycles. The Morgan fingerprint density at radius 3 is 2.48 bits per heavy atom. The third-order valence-corrected chi connectivity index (χ3v) is 5.41. The molecule has 0 N–H and O–H groups in total. The van der Waals surface area contributed by atoms with Crippen molar-refractivity contribution in [3.63, 3.8) is 0 Å². The standard InChI is InChI=1S/C20H23NO4/c1-11(2)15-10-25-20(24)21(15)19(23)17-16(12(3)13(4)18(17)22)14-8-6-5-7-9-14/h5-9,11-12,15-17H,4,10H2,1-3H3/t12?,15-,16?,17?/m1/s1. The van der Waals surface area contributed by atoms with E-state index >= 15 is 0 Å². The second-order valence-corrected chi connectivity index (χ2v) is 7.19. The Morgan fingerprint density at radius 1 is 1.24 bits per heavy atom. The number of cyclic esters (lactones) is 1. The number of nitrogens with zero attached hydrogens (tertiary/aromatic N) is 1. The highest BCUT2D eigenvalue weighted by Gasteiger charge is 2.52. The lowest BCUT2D eigenvalue weighted by atomic mass is 9.82. The molecule has 1 aliphatic heterocycles. The van der Waals surface area contributed by atoms with E-state index < -0.39 is 17.9 Å². The zero-order chi connectivity index (χ0) is 18.3. The van der Waals surface area contributed by atoms with Gasteiger partial charge in [0, 0.05) is 5.92 Å². The van der Waals surface area contributed by atoms with Gasteiger partial charge in [-0.3, -0.25) is 9.59 Å². The highest BCUT2D eigenvalue weighted by Crippen LogP contribution is 2.45. The van der Waals surface area contributed by atoms with Crippen molar-refractivity contribution in [2.45, 2.75) is 32.7 Å². The van der Waals surface area contributed by atoms with E-state index in [4.69, 9.17) is 4.74 Å². The van der Waals surface area contributed by atoms with Gasteiger partial charge in [-0.25, -0.2) is 9.69 Å². The summed E-state index contributed by atoms with van der Waals surface area (Å²) in [7, 11) is 0. The minimum Gasteiger partial charge on any atom is -0.447 e. The number of carbonyl (C=O) groups is 3. The number of amides is 2. The highest BCUT2D eigenvalue weighted by atomic mass is 16.6. The van der Waals surface area contributed by atoms with Gasteiger partial charge in [0.2, 0.25) is 5.91 Å². The van der Waals surface area contributed by atoms with Gasteiger partial charge < -0.3 is 4.74 Å². The van der Waals surface area contributed by atoms with Crippen molar-refractivity contribution in [1.29, 1.82) is 0 Å². The first-order valence-corrected chi connectivity index (χ1v) is 8.62. The van der Waals surface area contributed by atoms with Crippen LogP contribution in [0.25, 0.3) is 0 Å². The van der Waals surface area contributed by atoms with Gasteiger partial charge in [0.15, 0.2) is 5.78 Å². The Bertz CT molecular complexity index is 724. The van der Waals surface area contributed by atoms with Crippen molar-refractivity contribution in [3.8, 4) is 0 Å². The molecule has 0 radical (unpaired) electrons. The van der Waals surface area contributed by atoms with E-state index in [1.165, 1.54) is 0 Å². The molecular formula is C20H23NO4. The van der Waals surface area contributed by atoms with E-state index in [0.29, 0.717) is 5.57 Å². The zero-order valence-corrected chi connectivity index (χ0v) is 14.8. The number of imide groups is 1. The van der Waals surface area contributed by atoms with Crippen molar-refractivity contribution < 1.29 is 19.1 Å². The third kappa shape index (κ3) is 2.77. The number of allylic oxidation sites excluding steroid dienone is 1. The topological polar surface area (TPSA) is 63.7 Å². The van der Waals surface area contributed by atoms with Gasteiger partial charge in [0.05, 0.1) is 6.04 Å². The molecular weight excluding hydrogens is 318 g/mol. The van der Waals surface area contributed by atoms with Crippen LogP contribution in [-0.4, -0.2) is 35.3 Å². The zero-order valence-electron chi connectivity index (χ0n) is 14.8. The summed E-state index contributed by atoms with van der Waals surface area (Å²) in [5.74, 6) is -2.06. The number of carbonyl (C=O) groups excluding carboxylic acids is 3. The molecule has 5 heteroatoms. The van der Waals surface area contributed by atoms with Crippen LogP contribution in [0.3, 0.4) is 0 Å². The molecule has 2 amide bonds. The molecule has 0 aromatic heterocycles. The summed E-state index contributed by atoms with van der Waals surface area (Å²) in [6.45, 7) is 9.83. The second kappa shape index (κ2) is 6.47. The van der Waals surface area contributed by atoms with Gasteiger partial charge in [0.1, 0.15) is 12.5 Å². The molecule has 1 aromatic carbocycles. The van der Waals surface area contributed by atoms with Crippen LogP contribution in [-0.2, 0) is 14.3 Å². The summed E-state index contributed by atoms with van der Waals surface area (Å²) < 4.78 is 5.08. The normalized spacial score (nSPS) is 29.4. The molecule has 132 valence electrons. The number of ketones is 1. The van der Waals surface area contributed by atoms with Gasteiger partial charge in [-0.15, -0.1) is 0 Å². The molecule has 3 rings (SSSR count). The van der Waals surface area contributed by atoms with E-state index in [0.717, 1.165) is 10.5 Å². The fourth-order valence-corrected chi connectivity index (χ4v) is 3.84. The third-order valence-electron chi connectivity index (χ3n) is 5.41. The van der Waals surface area contributed by atoms with Crippen LogP contribution in [0.4, 0.5) is 4.79 Å². The lowest BCUT2D eigenvalue weighted by molar-refractivity contribution is -0.138. The Balaban J connectivity index is 2.00. The van der Waals surface area contributed by atoms with Gasteiger partial charge in [-0.1, -0.05) is 57.7 Å². The molecule has 1 aliphatic carbocycles. The fraction of sp³-hybridized carbons (Fsp3) is 0.450. The molecule has 5 nitrogen and oxygen atoms in total. The summed E-state index contributed by atoms with van der Waals surface area (Å²) >= 11 is 0. The first kappa shape index (κ1) is 17.4. The number of rotatable bonds is 3. The van der Waals surface area contributed by atoms with Crippen molar-refractivity contribution in [2.24, 2.45) is 17.8 Å². The van der Waals surface area contributed by atoms with Crippen LogP contribution in [0.1, 0.15) is 32.3 Å². The van der Waals surface area contributed by atoms with Crippen LogP contribution in [0.5, 0.6) is 0 Å². The number of ether oxygens (including phenoxy) is 1. The van der Waals surface area contributed by atoms with E-state index in [9.17, 15) is 14.4 Å². The average molecular weight is 341 g/mol. The Kier molecular flexibility index (Phi) is 4.50. The maximum absolute atomic E-state index is 13.2. The predicted octanol–water partition coefficient (Wildman–Crippen LogP) is 3.16. The monoisotopic (exact) mass is 341 g/mol. The average Bonchev–Trinajstić information content (AvgIpc) is 3.08. The summed E-state index contributed by atoms with van der Waals surface area (Å²) in [4.78, 5) is 39.3. The van der Waals surface area contributed by atoms with E-state index in [2.05, 4.69) is 6.58 Å². The van der Waals surface area contributed by atoms with E-state index in [1.54, 1.807) is 0 Å². The largest absolute Gasteiger partial charge is 0.447 e. The summed E-state index contributed by atoms with van der Waals surface area (Å²) in [5.41, 5.74) is 1.36. The van der Waals surface area contributed by atoms with Crippen LogP contribution in [0.15, 0.2) is 42.5 Å². The maximum atomic E-state index is 13.2. The first-order valence-electron chi connectivity index (χ1n) is 8.62. The SMILES string of the molecule is C=C1C(=O)C(C(=O)N2C(=O)OC[C@@H]2C(C)C)C(c2ccccc2)C1C. The molecule has 3 unspecified atom stereocenters. The number of hydrogen-bond donors (Lipinski definition) is 0. The molecule has 25 heavy (non-hydrogen) atoms. The van der Waals surface area contributed by atoms with Crippen molar-refractivity contribution in [1.82, 2.24) is 4.90 Å². The molecule has 0 spiro atoms. The van der Waals surface area contributed by atoms with Crippen LogP contribution in [0.2, 0.25) is 0 Å². The predicted molar refractivity (Wildman–Crippen MR) is 92.8 cm³/mol. The molecule has 1 aromatic rings. The Labute approximate surface area is 147 Å². The molecule has 1 heterocycles. The first-order chi connectivity index (χ1) is 11.8. The number of hydrogen-bond acceptors (Lipinski definition) is 4. The fourth-order valence-electron chi connectivity index (χ4n) is 3.84. The number of Topliss-reactive ketones (excluding diaryl/α,β-unsaturated/α-hetero) is 1. The molecule has 2 fully saturated rings. The van der Waals surface area contributed by atoms with Gasteiger partial charge in [-0.05, 0) is 23.0 Å². The minimum atomic E-state index is -0.920. The smallest absolute Gasteiger partial charge is 0.417 e. The van der Waals surface area contributed by atoms with E-state index in [1.807, 2.05) is 51.1 Å². The lowest BCUT2D eigenvalue weighted by Gasteiger charge is -2.28. The van der Waals surface area contributed by atoms with Crippen LogP contribution >= 0.6 is 0 Å². The summed E-state index contributed by atoms with van der Waals surface area (Å²) in [6.07, 6.45) is -0.659. The van der Waals surface area contributed by atoms with Crippen LogP contribution in [0, 0.1) is 17.8 Å². The van der Waals surface area contributed by atoms with Crippen molar-refractivity contribution >= 4 is 17.8 Å². The van der Waals surface area contributed by atoms with Crippen molar-refractivity contribution in [2.75, 3.05) is 6.61 Å². The van der Waals surface area contributed by atoms with Gasteiger partial charge >= 0.3 is 6.09 Å². The molecule has 2 aliphatic rings. The highest BCUT2D eigenvalue weighted by molar-refractivity contribution is 6.15. The maximum Gasteiger partial charge on any atom is 0.417 e. The lowest BCUT2D eigenvalue weighted by Crippen LogP contribution is -2.47. The van der Waals surface area contributed by atoms with Crippen LogP contribution < -0.4 is 0 Å². The Hall–Kier alpha value is -2.43. The Morgan fingerprint density at radius 2 is 1.88 bits per heavy atom. The van der Waals surface area contributed by atoms with Gasteiger partial charge in [0.25, 0.3) is 0 Å². The molecule has 4 atom stereocenters. The minimum absolute atomic E-state index is 0.0581. The second-order valence-electron chi connectivity index (χ2n) is 7.19. The summed E-state index contributed by atoms with van der Waals surface area (Å²) in [5, 5.41) is 0. The summed E-state index contributed by atoms with van der Waals surface area (Å²) in [6, 6.07) is 9.15. The number of benzene rings is 1. The van der Waals surface area contributed by atoms with E-state index in [-0.39, 0.29) is 36.2 Å². The van der Waals surface area contributed by atoms with Crippen molar-refractivity contribution in [3.05, 3.63) is 48.0 Å². The molecule has 0 bridgehead atoms. The molecule has 1 saturated heterocycles. The van der Waals surface area contributed by atoms with Gasteiger partial charge in [-0.2, -0.15) is 0 Å². The quantitative estimate of drug-likeness (QED) is 0.626.